The average molecular weight is 171 g/mol. The summed E-state index contributed by atoms with van der Waals surface area (Å²) in [6, 6.07) is 4.14. The second-order valence-electron chi connectivity index (χ2n) is 2.00. The van der Waals surface area contributed by atoms with Gasteiger partial charge in [0.05, 0.1) is 5.56 Å². The fourth-order valence-corrected chi connectivity index (χ4v) is 1.06. The van der Waals surface area contributed by atoms with Crippen molar-refractivity contribution in [3.8, 4) is 0 Å². The monoisotopic (exact) mass is 171 g/mol. The van der Waals surface area contributed by atoms with Crippen molar-refractivity contribution in [3.63, 3.8) is 0 Å². The summed E-state index contributed by atoms with van der Waals surface area (Å²) >= 11 is 3.87. The maximum atomic E-state index is 12.8. The number of primary amides is 1. The van der Waals surface area contributed by atoms with Crippen LogP contribution >= 0.6 is 12.6 Å². The topological polar surface area (TPSA) is 43.1 Å². The minimum atomic E-state index is -0.798. The van der Waals surface area contributed by atoms with Gasteiger partial charge in [0.1, 0.15) is 5.82 Å². The standard InChI is InChI=1S/C7H6FNOS/c8-4-2-1-3-5(11)6(4)7(9)10/h1-3,11H,(H2,9,10). The van der Waals surface area contributed by atoms with Gasteiger partial charge in [-0.3, -0.25) is 4.79 Å². The fraction of sp³-hybridized carbons (Fsp3) is 0. The van der Waals surface area contributed by atoms with Gasteiger partial charge in [-0.1, -0.05) is 6.07 Å². The Labute approximate surface area is 68.6 Å². The van der Waals surface area contributed by atoms with Crippen LogP contribution in [0.25, 0.3) is 0 Å². The van der Waals surface area contributed by atoms with Crippen LogP contribution in [-0.4, -0.2) is 5.91 Å². The van der Waals surface area contributed by atoms with E-state index in [9.17, 15) is 9.18 Å². The van der Waals surface area contributed by atoms with Crippen molar-refractivity contribution >= 4 is 18.5 Å². The first-order chi connectivity index (χ1) is 5.13. The predicted molar refractivity (Wildman–Crippen MR) is 42.2 cm³/mol. The van der Waals surface area contributed by atoms with Crippen molar-refractivity contribution < 1.29 is 9.18 Å². The molecule has 0 heterocycles. The molecule has 4 heteroatoms. The lowest BCUT2D eigenvalue weighted by atomic mass is 10.2. The molecule has 2 nitrogen and oxygen atoms in total. The van der Waals surface area contributed by atoms with Crippen molar-refractivity contribution in [2.24, 2.45) is 5.73 Å². The van der Waals surface area contributed by atoms with Gasteiger partial charge in [-0.15, -0.1) is 12.6 Å². The van der Waals surface area contributed by atoms with Gasteiger partial charge in [0.2, 0.25) is 0 Å². The Morgan fingerprint density at radius 1 is 1.55 bits per heavy atom. The van der Waals surface area contributed by atoms with Crippen LogP contribution in [0.2, 0.25) is 0 Å². The summed E-state index contributed by atoms with van der Waals surface area (Å²) in [7, 11) is 0. The molecule has 0 bridgehead atoms. The number of hydrogen-bond acceptors (Lipinski definition) is 2. The second-order valence-corrected chi connectivity index (χ2v) is 2.48. The maximum absolute atomic E-state index is 12.8. The maximum Gasteiger partial charge on any atom is 0.252 e. The molecule has 11 heavy (non-hydrogen) atoms. The van der Waals surface area contributed by atoms with Gasteiger partial charge in [-0.05, 0) is 12.1 Å². The number of carbonyl (C=O) groups excluding carboxylic acids is 1. The molecule has 1 aromatic carbocycles. The van der Waals surface area contributed by atoms with E-state index < -0.39 is 11.7 Å². The van der Waals surface area contributed by atoms with Gasteiger partial charge in [0, 0.05) is 4.90 Å². The Balaban J connectivity index is 3.32. The van der Waals surface area contributed by atoms with Crippen molar-refractivity contribution in [1.82, 2.24) is 0 Å². The largest absolute Gasteiger partial charge is 0.365 e. The highest BCUT2D eigenvalue weighted by Gasteiger charge is 2.10. The third kappa shape index (κ3) is 1.51. The van der Waals surface area contributed by atoms with E-state index in [1.807, 2.05) is 0 Å². The zero-order valence-corrected chi connectivity index (χ0v) is 6.44. The van der Waals surface area contributed by atoms with E-state index in [2.05, 4.69) is 12.6 Å². The van der Waals surface area contributed by atoms with E-state index >= 15 is 0 Å². The average Bonchev–Trinajstić information content (AvgIpc) is 1.85. The Morgan fingerprint density at radius 3 is 2.55 bits per heavy atom. The molecule has 0 radical (unpaired) electrons. The second kappa shape index (κ2) is 2.92. The summed E-state index contributed by atoms with van der Waals surface area (Å²) in [5.74, 6) is -1.43. The zero-order chi connectivity index (χ0) is 8.43. The quantitative estimate of drug-likeness (QED) is 0.613. The van der Waals surface area contributed by atoms with Gasteiger partial charge in [0.25, 0.3) is 5.91 Å². The van der Waals surface area contributed by atoms with Crippen molar-refractivity contribution in [2.45, 2.75) is 4.90 Å². The minimum Gasteiger partial charge on any atom is -0.365 e. The number of carbonyl (C=O) groups is 1. The third-order valence-electron chi connectivity index (χ3n) is 1.24. The van der Waals surface area contributed by atoms with Gasteiger partial charge in [0.15, 0.2) is 0 Å². The first kappa shape index (κ1) is 8.07. The molecular formula is C7H6FNOS. The van der Waals surface area contributed by atoms with Crippen LogP contribution in [0, 0.1) is 5.82 Å². The molecule has 0 atom stereocenters. The third-order valence-corrected chi connectivity index (χ3v) is 1.61. The molecule has 0 aliphatic rings. The fourth-order valence-electron chi connectivity index (χ4n) is 0.757. The van der Waals surface area contributed by atoms with E-state index in [0.29, 0.717) is 0 Å². The highest BCUT2D eigenvalue weighted by atomic mass is 32.1. The van der Waals surface area contributed by atoms with E-state index in [1.165, 1.54) is 18.2 Å². The van der Waals surface area contributed by atoms with Crippen LogP contribution in [0.1, 0.15) is 10.4 Å². The molecule has 58 valence electrons. The van der Waals surface area contributed by atoms with E-state index in [0.717, 1.165) is 0 Å². The summed E-state index contributed by atoms with van der Waals surface area (Å²) in [6.45, 7) is 0. The molecule has 1 aromatic rings. The zero-order valence-electron chi connectivity index (χ0n) is 5.54. The highest BCUT2D eigenvalue weighted by molar-refractivity contribution is 7.80. The van der Waals surface area contributed by atoms with E-state index in [-0.39, 0.29) is 10.5 Å². The summed E-state index contributed by atoms with van der Waals surface area (Å²) in [4.78, 5) is 10.8. The summed E-state index contributed by atoms with van der Waals surface area (Å²) in [5.41, 5.74) is 4.73. The number of nitrogens with two attached hydrogens (primary N) is 1. The van der Waals surface area contributed by atoms with Gasteiger partial charge in [-0.25, -0.2) is 4.39 Å². The lowest BCUT2D eigenvalue weighted by Crippen LogP contribution is -2.13. The summed E-state index contributed by atoms with van der Waals surface area (Å²) < 4.78 is 12.8. The van der Waals surface area contributed by atoms with Crippen molar-refractivity contribution in [2.75, 3.05) is 0 Å². The normalized spacial score (nSPS) is 9.64. The number of halogens is 1. The van der Waals surface area contributed by atoms with Crippen LogP contribution in [-0.2, 0) is 0 Å². The molecular weight excluding hydrogens is 165 g/mol. The molecule has 0 spiro atoms. The number of benzene rings is 1. The van der Waals surface area contributed by atoms with Crippen LogP contribution in [0.3, 0.4) is 0 Å². The first-order valence-electron chi connectivity index (χ1n) is 2.90. The molecule has 0 saturated heterocycles. The molecule has 0 fully saturated rings. The summed E-state index contributed by atoms with van der Waals surface area (Å²) in [6.07, 6.45) is 0. The number of hydrogen-bond donors (Lipinski definition) is 2. The lowest BCUT2D eigenvalue weighted by Gasteiger charge is -1.99. The summed E-state index contributed by atoms with van der Waals surface area (Å²) in [5, 5.41) is 0. The Kier molecular flexibility index (Phi) is 2.14. The molecule has 0 aliphatic heterocycles. The molecule has 0 aliphatic carbocycles. The SMILES string of the molecule is NC(=O)c1c(F)cccc1S. The minimum absolute atomic E-state index is 0.157. The first-order valence-corrected chi connectivity index (χ1v) is 3.35. The molecule has 0 unspecified atom stereocenters. The van der Waals surface area contributed by atoms with Crippen LogP contribution in [0.4, 0.5) is 4.39 Å². The molecule has 2 N–H and O–H groups in total. The Morgan fingerprint density at radius 2 is 2.18 bits per heavy atom. The van der Waals surface area contributed by atoms with Crippen molar-refractivity contribution in [3.05, 3.63) is 29.6 Å². The van der Waals surface area contributed by atoms with Gasteiger partial charge < -0.3 is 5.73 Å². The van der Waals surface area contributed by atoms with Crippen LogP contribution in [0.5, 0.6) is 0 Å². The van der Waals surface area contributed by atoms with Gasteiger partial charge >= 0.3 is 0 Å². The Hall–Kier alpha value is -1.03. The lowest BCUT2D eigenvalue weighted by molar-refractivity contribution is 0.0993. The molecule has 0 aromatic heterocycles. The number of thiol groups is 1. The Bertz CT molecular complexity index is 280. The number of amides is 1. The van der Waals surface area contributed by atoms with E-state index in [4.69, 9.17) is 5.73 Å². The van der Waals surface area contributed by atoms with Crippen molar-refractivity contribution in [1.29, 1.82) is 0 Å². The van der Waals surface area contributed by atoms with Gasteiger partial charge in [-0.2, -0.15) is 0 Å². The van der Waals surface area contributed by atoms with E-state index in [1.54, 1.807) is 0 Å². The number of rotatable bonds is 1. The smallest absolute Gasteiger partial charge is 0.252 e. The van der Waals surface area contributed by atoms with Crippen LogP contribution < -0.4 is 5.73 Å². The molecule has 1 rings (SSSR count). The molecule has 1 amide bonds. The molecule has 0 saturated carbocycles. The predicted octanol–water partition coefficient (Wildman–Crippen LogP) is 1.21. The van der Waals surface area contributed by atoms with Crippen LogP contribution in [0.15, 0.2) is 23.1 Å². The highest BCUT2D eigenvalue weighted by Crippen LogP contribution is 2.15.